The lowest BCUT2D eigenvalue weighted by Crippen LogP contribution is -2.50. The van der Waals surface area contributed by atoms with Crippen molar-refractivity contribution < 1.29 is 14.3 Å². The standard InChI is InChI=1S/C28H26N4O3S2/c33-27(23-24(16-5-2-1-3-6-16)37-26(31-23)17-9-10-17)32-19-12-11-18(13-19)21(32)14-29-28(34)35-22-8-4-7-20-25(22)36-15-30-20/h1-8,15,17-19,21H,9-14H2,(H,29,34)/t18-,19-,21-/m0/s1. The van der Waals surface area contributed by atoms with Crippen molar-refractivity contribution in [3.05, 3.63) is 64.7 Å². The fourth-order valence-electron chi connectivity index (χ4n) is 5.83. The molecule has 37 heavy (non-hydrogen) atoms. The number of piperidine rings is 1. The summed E-state index contributed by atoms with van der Waals surface area (Å²) in [4.78, 5) is 39.0. The van der Waals surface area contributed by atoms with E-state index < -0.39 is 6.09 Å². The number of nitrogens with one attached hydrogen (secondary N) is 1. The third-order valence-electron chi connectivity index (χ3n) is 7.76. The molecule has 0 radical (unpaired) electrons. The maximum absolute atomic E-state index is 14.1. The van der Waals surface area contributed by atoms with Crippen LogP contribution >= 0.6 is 22.7 Å². The number of aromatic nitrogens is 2. The van der Waals surface area contributed by atoms with Gasteiger partial charge in [0.05, 0.1) is 31.7 Å². The summed E-state index contributed by atoms with van der Waals surface area (Å²) < 4.78 is 6.47. The van der Waals surface area contributed by atoms with Crippen LogP contribution in [0.4, 0.5) is 4.79 Å². The molecule has 2 amide bonds. The monoisotopic (exact) mass is 530 g/mol. The molecule has 2 bridgehead atoms. The summed E-state index contributed by atoms with van der Waals surface area (Å²) in [6, 6.07) is 15.7. The molecule has 0 unspecified atom stereocenters. The van der Waals surface area contributed by atoms with Crippen molar-refractivity contribution in [2.45, 2.75) is 50.1 Å². The number of hydrogen-bond acceptors (Lipinski definition) is 7. The van der Waals surface area contributed by atoms with Crippen molar-refractivity contribution in [3.8, 4) is 16.2 Å². The van der Waals surface area contributed by atoms with Gasteiger partial charge in [0.25, 0.3) is 5.91 Å². The quantitative estimate of drug-likeness (QED) is 0.327. The Bertz CT molecular complexity index is 1480. The Balaban J connectivity index is 1.11. The van der Waals surface area contributed by atoms with Crippen molar-refractivity contribution >= 4 is 44.9 Å². The normalized spacial score (nSPS) is 22.5. The van der Waals surface area contributed by atoms with Crippen LogP contribution in [-0.4, -0.2) is 45.5 Å². The summed E-state index contributed by atoms with van der Waals surface area (Å²) >= 11 is 3.10. The molecule has 2 aromatic carbocycles. The minimum Gasteiger partial charge on any atom is -0.409 e. The van der Waals surface area contributed by atoms with Crippen LogP contribution in [0.2, 0.25) is 0 Å². The Morgan fingerprint density at radius 1 is 1.05 bits per heavy atom. The fraction of sp³-hybridized carbons (Fsp3) is 0.357. The van der Waals surface area contributed by atoms with E-state index in [0.29, 0.717) is 29.8 Å². The van der Waals surface area contributed by atoms with Gasteiger partial charge in [-0.1, -0.05) is 36.4 Å². The lowest BCUT2D eigenvalue weighted by Gasteiger charge is -2.35. The van der Waals surface area contributed by atoms with Crippen molar-refractivity contribution in [2.75, 3.05) is 6.54 Å². The number of nitrogens with zero attached hydrogens (tertiary/aromatic N) is 3. The number of ether oxygens (including phenoxy) is 1. The van der Waals surface area contributed by atoms with E-state index in [-0.39, 0.29) is 18.0 Å². The first-order valence-corrected chi connectivity index (χ1v) is 14.5. The maximum atomic E-state index is 14.1. The highest BCUT2D eigenvalue weighted by atomic mass is 32.1. The summed E-state index contributed by atoms with van der Waals surface area (Å²) in [7, 11) is 0. The Morgan fingerprint density at radius 2 is 1.92 bits per heavy atom. The first kappa shape index (κ1) is 22.9. The van der Waals surface area contributed by atoms with E-state index in [2.05, 4.69) is 22.4 Å². The van der Waals surface area contributed by atoms with Crippen molar-refractivity contribution in [2.24, 2.45) is 5.92 Å². The molecule has 2 saturated carbocycles. The van der Waals surface area contributed by atoms with E-state index >= 15 is 0 Å². The first-order valence-electron chi connectivity index (χ1n) is 12.8. The molecule has 1 N–H and O–H groups in total. The molecule has 1 aliphatic heterocycles. The summed E-state index contributed by atoms with van der Waals surface area (Å²) in [6.07, 6.45) is 4.84. The molecular weight excluding hydrogens is 504 g/mol. The zero-order valence-electron chi connectivity index (χ0n) is 20.1. The van der Waals surface area contributed by atoms with Crippen LogP contribution in [0.15, 0.2) is 54.0 Å². The molecule has 3 heterocycles. The number of fused-ring (bicyclic) bond motifs is 3. The fourth-order valence-corrected chi connectivity index (χ4v) is 7.80. The van der Waals surface area contributed by atoms with Gasteiger partial charge in [0.15, 0.2) is 5.75 Å². The summed E-state index contributed by atoms with van der Waals surface area (Å²) in [5.74, 6) is 1.35. The van der Waals surface area contributed by atoms with E-state index in [4.69, 9.17) is 9.72 Å². The summed E-state index contributed by atoms with van der Waals surface area (Å²) in [5.41, 5.74) is 4.15. The molecule has 4 aromatic rings. The van der Waals surface area contributed by atoms with Gasteiger partial charge in [-0.15, -0.1) is 22.7 Å². The maximum Gasteiger partial charge on any atom is 0.412 e. The average molecular weight is 531 g/mol. The summed E-state index contributed by atoms with van der Waals surface area (Å²) in [6.45, 7) is 0.366. The number of benzene rings is 2. The molecule has 0 spiro atoms. The van der Waals surface area contributed by atoms with Crippen molar-refractivity contribution in [1.82, 2.24) is 20.2 Å². The van der Waals surface area contributed by atoms with Crippen LogP contribution in [0.5, 0.6) is 5.75 Å². The van der Waals surface area contributed by atoms with Gasteiger partial charge < -0.3 is 15.0 Å². The molecule has 2 aromatic heterocycles. The zero-order valence-corrected chi connectivity index (χ0v) is 21.8. The number of hydrogen-bond donors (Lipinski definition) is 1. The zero-order chi connectivity index (χ0) is 24.9. The molecule has 3 fully saturated rings. The predicted octanol–water partition coefficient (Wildman–Crippen LogP) is 6.08. The molecule has 7 rings (SSSR count). The second-order valence-electron chi connectivity index (χ2n) is 10.1. The van der Waals surface area contributed by atoms with Crippen LogP contribution in [0, 0.1) is 5.92 Å². The largest absolute Gasteiger partial charge is 0.412 e. The van der Waals surface area contributed by atoms with E-state index in [0.717, 1.165) is 57.8 Å². The average Bonchev–Trinajstić information content (AvgIpc) is 3.30. The lowest BCUT2D eigenvalue weighted by atomic mass is 9.98. The highest BCUT2D eigenvalue weighted by Gasteiger charge is 2.49. The Morgan fingerprint density at radius 3 is 2.76 bits per heavy atom. The van der Waals surface area contributed by atoms with Gasteiger partial charge in [-0.2, -0.15) is 0 Å². The molecule has 9 heteroatoms. The molecule has 188 valence electrons. The number of amides is 2. The molecule has 7 nitrogen and oxygen atoms in total. The van der Waals surface area contributed by atoms with E-state index in [1.807, 2.05) is 35.2 Å². The molecule has 1 saturated heterocycles. The number of rotatable bonds is 6. The minimum atomic E-state index is -0.509. The molecule has 3 aliphatic rings. The SMILES string of the molecule is O=C(NC[C@H]1[C@H]2CC[C@@H](C2)N1C(=O)c1nc(C2CC2)sc1-c1ccccc1)Oc1cccc2ncsc12. The number of carbonyl (C=O) groups excluding carboxylic acids is 2. The van der Waals surface area contributed by atoms with Gasteiger partial charge in [-0.3, -0.25) is 4.79 Å². The van der Waals surface area contributed by atoms with E-state index in [1.54, 1.807) is 22.9 Å². The van der Waals surface area contributed by atoms with Crippen LogP contribution in [0.1, 0.15) is 53.5 Å². The first-order chi connectivity index (χ1) is 18.2. The van der Waals surface area contributed by atoms with Crippen LogP contribution in [0.25, 0.3) is 20.7 Å². The highest BCUT2D eigenvalue weighted by Crippen LogP contribution is 2.47. The van der Waals surface area contributed by atoms with Gasteiger partial charge in [0.1, 0.15) is 5.69 Å². The second kappa shape index (κ2) is 9.22. The third-order valence-corrected chi connectivity index (χ3v) is 9.89. The van der Waals surface area contributed by atoms with E-state index in [1.165, 1.54) is 11.3 Å². The van der Waals surface area contributed by atoms with Gasteiger partial charge in [0.2, 0.25) is 0 Å². The van der Waals surface area contributed by atoms with Gasteiger partial charge in [-0.05, 0) is 55.7 Å². The Labute approximate surface area is 222 Å². The van der Waals surface area contributed by atoms with E-state index in [9.17, 15) is 9.59 Å². The smallest absolute Gasteiger partial charge is 0.409 e. The second-order valence-corrected chi connectivity index (χ2v) is 12.0. The number of carbonyl (C=O) groups is 2. The third kappa shape index (κ3) is 4.20. The van der Waals surface area contributed by atoms with Gasteiger partial charge in [0, 0.05) is 18.5 Å². The van der Waals surface area contributed by atoms with Gasteiger partial charge >= 0.3 is 6.09 Å². The van der Waals surface area contributed by atoms with Crippen LogP contribution in [-0.2, 0) is 0 Å². The predicted molar refractivity (Wildman–Crippen MR) is 144 cm³/mol. The van der Waals surface area contributed by atoms with Crippen molar-refractivity contribution in [3.63, 3.8) is 0 Å². The highest BCUT2D eigenvalue weighted by molar-refractivity contribution is 7.17. The van der Waals surface area contributed by atoms with Gasteiger partial charge in [-0.25, -0.2) is 14.8 Å². The Hall–Kier alpha value is -3.30. The summed E-state index contributed by atoms with van der Waals surface area (Å²) in [5, 5.41) is 4.01. The Kier molecular flexibility index (Phi) is 5.70. The molecule has 2 aliphatic carbocycles. The van der Waals surface area contributed by atoms with Crippen LogP contribution < -0.4 is 10.1 Å². The topological polar surface area (TPSA) is 84.4 Å². The van der Waals surface area contributed by atoms with Crippen molar-refractivity contribution in [1.29, 1.82) is 0 Å². The minimum absolute atomic E-state index is 0.0104. The lowest BCUT2D eigenvalue weighted by molar-refractivity contribution is 0.0586. The number of thiazole rings is 2. The molecular formula is C28H26N4O3S2. The molecule has 3 atom stereocenters. The van der Waals surface area contributed by atoms with Crippen LogP contribution in [0.3, 0.4) is 0 Å². The number of likely N-dealkylation sites (tertiary alicyclic amines) is 1.